The Morgan fingerprint density at radius 2 is 1.75 bits per heavy atom. The van der Waals surface area contributed by atoms with E-state index in [1.807, 2.05) is 0 Å². The molecule has 4 rings (SSSR count). The Hall–Kier alpha value is -0.0800. The first-order valence-electron chi connectivity index (χ1n) is 7.06. The summed E-state index contributed by atoms with van der Waals surface area (Å²) in [6.45, 7) is 2.51. The number of hydrogen-bond donors (Lipinski definition) is 0. The Balaban J connectivity index is 1.40. The molecule has 0 aromatic rings. The molecule has 2 saturated carbocycles. The molecule has 2 aliphatic carbocycles. The monoisotopic (exact) mass is 222 g/mol. The molecule has 0 radical (unpaired) electrons. The van der Waals surface area contributed by atoms with E-state index in [9.17, 15) is 0 Å². The first-order chi connectivity index (χ1) is 7.66. The van der Waals surface area contributed by atoms with Gasteiger partial charge in [0.25, 0.3) is 0 Å². The van der Waals surface area contributed by atoms with Gasteiger partial charge in [-0.15, -0.1) is 0 Å². The van der Waals surface area contributed by atoms with E-state index in [2.05, 4.69) is 6.92 Å². The van der Waals surface area contributed by atoms with Crippen LogP contribution in [0.2, 0.25) is 0 Å². The quantitative estimate of drug-likeness (QED) is 0.667. The molecule has 1 atom stereocenters. The van der Waals surface area contributed by atoms with Gasteiger partial charge in [-0.25, -0.2) is 0 Å². The van der Waals surface area contributed by atoms with Crippen LogP contribution in [-0.2, 0) is 9.47 Å². The summed E-state index contributed by atoms with van der Waals surface area (Å²) in [5, 5.41) is 0. The fourth-order valence-corrected chi connectivity index (χ4v) is 4.38. The average Bonchev–Trinajstić information content (AvgIpc) is 3.03. The molecule has 0 bridgehead atoms. The van der Waals surface area contributed by atoms with Gasteiger partial charge in [0.1, 0.15) is 0 Å². The predicted octanol–water partition coefficient (Wildman–Crippen LogP) is 3.60. The van der Waals surface area contributed by atoms with Gasteiger partial charge >= 0.3 is 0 Å². The summed E-state index contributed by atoms with van der Waals surface area (Å²) in [5.41, 5.74) is 0.628. The molecule has 4 aliphatic rings. The molecule has 2 nitrogen and oxygen atoms in total. The van der Waals surface area contributed by atoms with E-state index in [0.717, 1.165) is 12.3 Å². The molecule has 90 valence electrons. The molecule has 0 N–H and O–H groups in total. The van der Waals surface area contributed by atoms with Crippen molar-refractivity contribution in [2.45, 2.75) is 76.3 Å². The molecule has 0 aromatic carbocycles. The largest absolute Gasteiger partial charge is 0.307 e. The van der Waals surface area contributed by atoms with Gasteiger partial charge in [-0.05, 0) is 37.0 Å². The lowest BCUT2D eigenvalue weighted by Gasteiger charge is -2.37. The van der Waals surface area contributed by atoms with Crippen LogP contribution in [0.25, 0.3) is 0 Å². The zero-order chi connectivity index (χ0) is 10.9. The molecule has 2 heterocycles. The number of ether oxygens (including phenoxy) is 2. The molecular weight excluding hydrogens is 200 g/mol. The van der Waals surface area contributed by atoms with Crippen molar-refractivity contribution >= 4 is 0 Å². The van der Waals surface area contributed by atoms with E-state index >= 15 is 0 Å². The smallest absolute Gasteiger partial charge is 0.229 e. The van der Waals surface area contributed by atoms with Gasteiger partial charge in [-0.3, -0.25) is 0 Å². The van der Waals surface area contributed by atoms with Crippen LogP contribution in [0.1, 0.15) is 64.7 Å². The second-order valence-corrected chi connectivity index (χ2v) is 6.89. The molecule has 2 heteroatoms. The average molecular weight is 222 g/mol. The van der Waals surface area contributed by atoms with Crippen LogP contribution in [0.15, 0.2) is 0 Å². The number of hydrogen-bond acceptors (Lipinski definition) is 2. The number of epoxide rings is 2. The lowest BCUT2D eigenvalue weighted by molar-refractivity contribution is -0.0944. The normalized spacial score (nSPS) is 52.7. The highest BCUT2D eigenvalue weighted by Crippen LogP contribution is 2.75. The maximum atomic E-state index is 5.67. The Bertz CT molecular complexity index is 311. The minimum atomic E-state index is -0.0546. The van der Waals surface area contributed by atoms with Crippen molar-refractivity contribution in [3.8, 4) is 0 Å². The second kappa shape index (κ2) is 2.84. The van der Waals surface area contributed by atoms with E-state index in [1.165, 1.54) is 51.4 Å². The minimum Gasteiger partial charge on any atom is -0.307 e. The maximum Gasteiger partial charge on any atom is 0.229 e. The summed E-state index contributed by atoms with van der Waals surface area (Å²) in [7, 11) is 0. The van der Waals surface area contributed by atoms with E-state index in [-0.39, 0.29) is 11.6 Å². The third-order valence-corrected chi connectivity index (χ3v) is 5.44. The Labute approximate surface area is 97.7 Å². The van der Waals surface area contributed by atoms with Crippen LogP contribution in [-0.4, -0.2) is 11.6 Å². The molecule has 0 spiro atoms. The van der Waals surface area contributed by atoms with Gasteiger partial charge in [0.15, 0.2) is 0 Å². The van der Waals surface area contributed by atoms with Crippen LogP contribution < -0.4 is 0 Å². The standard InChI is InChI=1S/C14H22O2/c1-12(6-3-2-4-7-12)9-11-5-8-13-14(10-11,15-13)16-13/h11H,2-10H2,1H3. The molecule has 2 aliphatic heterocycles. The summed E-state index contributed by atoms with van der Waals surface area (Å²) in [4.78, 5) is 0. The molecule has 2 saturated heterocycles. The van der Waals surface area contributed by atoms with Crippen molar-refractivity contribution in [1.29, 1.82) is 0 Å². The highest BCUT2D eigenvalue weighted by atomic mass is 17.0. The third-order valence-electron chi connectivity index (χ3n) is 5.44. The molecule has 16 heavy (non-hydrogen) atoms. The molecular formula is C14H22O2. The van der Waals surface area contributed by atoms with Crippen molar-refractivity contribution < 1.29 is 9.47 Å². The maximum absolute atomic E-state index is 5.67. The Morgan fingerprint density at radius 1 is 1.00 bits per heavy atom. The van der Waals surface area contributed by atoms with Crippen molar-refractivity contribution in [1.82, 2.24) is 0 Å². The number of rotatable bonds is 2. The van der Waals surface area contributed by atoms with Crippen molar-refractivity contribution in [3.05, 3.63) is 0 Å². The molecule has 0 aromatic heterocycles. The zero-order valence-electron chi connectivity index (χ0n) is 10.3. The van der Waals surface area contributed by atoms with Gasteiger partial charge in [-0.2, -0.15) is 0 Å². The summed E-state index contributed by atoms with van der Waals surface area (Å²) in [5.74, 6) is 0.763. The van der Waals surface area contributed by atoms with Crippen molar-refractivity contribution in [2.75, 3.05) is 0 Å². The first kappa shape index (κ1) is 9.90. The van der Waals surface area contributed by atoms with Gasteiger partial charge in [0, 0.05) is 12.8 Å². The fourth-order valence-electron chi connectivity index (χ4n) is 4.38. The highest BCUT2D eigenvalue weighted by Gasteiger charge is 2.91. The topological polar surface area (TPSA) is 25.1 Å². The summed E-state index contributed by atoms with van der Waals surface area (Å²) in [6, 6.07) is 0. The zero-order valence-corrected chi connectivity index (χ0v) is 10.3. The van der Waals surface area contributed by atoms with E-state index in [1.54, 1.807) is 0 Å². The van der Waals surface area contributed by atoms with E-state index in [4.69, 9.17) is 9.47 Å². The lowest BCUT2D eigenvalue weighted by atomic mass is 9.68. The van der Waals surface area contributed by atoms with Gasteiger partial charge in [0.05, 0.1) is 0 Å². The van der Waals surface area contributed by atoms with E-state index < -0.39 is 0 Å². The van der Waals surface area contributed by atoms with Gasteiger partial charge in [-0.1, -0.05) is 26.2 Å². The lowest BCUT2D eigenvalue weighted by Crippen LogP contribution is -2.26. The second-order valence-electron chi connectivity index (χ2n) is 6.89. The minimum absolute atomic E-state index is 0.0447. The molecule has 0 amide bonds. The molecule has 4 fully saturated rings. The van der Waals surface area contributed by atoms with Gasteiger partial charge < -0.3 is 9.47 Å². The van der Waals surface area contributed by atoms with Crippen LogP contribution in [0.5, 0.6) is 0 Å². The fraction of sp³-hybridized carbons (Fsp3) is 1.00. The Kier molecular flexibility index (Phi) is 1.76. The van der Waals surface area contributed by atoms with Crippen molar-refractivity contribution in [3.63, 3.8) is 0 Å². The molecule has 1 unspecified atom stereocenters. The van der Waals surface area contributed by atoms with Crippen LogP contribution in [0, 0.1) is 11.3 Å². The SMILES string of the molecule is CC1(CC2CCC34OC3(C2)O4)CCCCC1. The Morgan fingerprint density at radius 3 is 2.44 bits per heavy atom. The summed E-state index contributed by atoms with van der Waals surface area (Å²) in [6.07, 6.45) is 12.3. The predicted molar refractivity (Wildman–Crippen MR) is 60.8 cm³/mol. The van der Waals surface area contributed by atoms with Crippen molar-refractivity contribution in [2.24, 2.45) is 11.3 Å². The highest BCUT2D eigenvalue weighted by molar-refractivity contribution is 5.20. The summed E-state index contributed by atoms with van der Waals surface area (Å²) >= 11 is 0. The van der Waals surface area contributed by atoms with Crippen LogP contribution in [0.3, 0.4) is 0 Å². The van der Waals surface area contributed by atoms with Crippen LogP contribution >= 0.6 is 0 Å². The summed E-state index contributed by atoms with van der Waals surface area (Å²) < 4.78 is 11.3. The van der Waals surface area contributed by atoms with Gasteiger partial charge in [0.2, 0.25) is 11.6 Å². The first-order valence-corrected chi connectivity index (χ1v) is 7.06. The van der Waals surface area contributed by atoms with Crippen LogP contribution in [0.4, 0.5) is 0 Å². The van der Waals surface area contributed by atoms with E-state index in [0.29, 0.717) is 5.41 Å². The third kappa shape index (κ3) is 1.26.